The number of benzene rings is 2. The molecule has 0 aliphatic rings. The van der Waals surface area contributed by atoms with Crippen LogP contribution in [-0.2, 0) is 0 Å². The maximum atomic E-state index is 13.9. The van der Waals surface area contributed by atoms with Crippen molar-refractivity contribution in [2.24, 2.45) is 0 Å². The highest BCUT2D eigenvalue weighted by Gasteiger charge is 2.13. The Kier molecular flexibility index (Phi) is 4.62. The zero-order chi connectivity index (χ0) is 19.7. The van der Waals surface area contributed by atoms with Crippen molar-refractivity contribution in [1.29, 1.82) is 0 Å². The number of nitrogens with one attached hydrogen (secondary N) is 2. The summed E-state index contributed by atoms with van der Waals surface area (Å²) < 4.78 is 33.4. The Morgan fingerprint density at radius 1 is 1.04 bits per heavy atom. The Hall–Kier alpha value is -3.53. The van der Waals surface area contributed by atoms with E-state index in [0.717, 1.165) is 34.2 Å². The highest BCUT2D eigenvalue weighted by molar-refractivity contribution is 7.22. The van der Waals surface area contributed by atoms with Gasteiger partial charge in [-0.1, -0.05) is 11.3 Å². The Balaban J connectivity index is 1.62. The number of hydrogen-bond acceptors (Lipinski definition) is 8. The molecule has 0 spiro atoms. The molecular formula is C18H14F2N6OS. The lowest BCUT2D eigenvalue weighted by atomic mass is 10.3. The molecule has 28 heavy (non-hydrogen) atoms. The van der Waals surface area contributed by atoms with Gasteiger partial charge >= 0.3 is 0 Å². The lowest BCUT2D eigenvalue weighted by Gasteiger charge is -2.12. The van der Waals surface area contributed by atoms with Crippen molar-refractivity contribution in [3.8, 4) is 5.75 Å². The summed E-state index contributed by atoms with van der Waals surface area (Å²) in [5, 5.41) is 6.28. The summed E-state index contributed by atoms with van der Waals surface area (Å²) in [6.45, 7) is 0. The smallest absolute Gasteiger partial charge is 0.189 e. The van der Waals surface area contributed by atoms with Crippen molar-refractivity contribution in [3.63, 3.8) is 0 Å². The Labute approximate surface area is 162 Å². The molecule has 0 radical (unpaired) electrons. The Morgan fingerprint density at radius 3 is 2.61 bits per heavy atom. The van der Waals surface area contributed by atoms with Crippen LogP contribution in [0.1, 0.15) is 0 Å². The zero-order valence-corrected chi connectivity index (χ0v) is 15.3. The van der Waals surface area contributed by atoms with E-state index in [0.29, 0.717) is 10.9 Å². The number of fused-ring (bicyclic) bond motifs is 1. The van der Waals surface area contributed by atoms with Crippen LogP contribution >= 0.6 is 11.3 Å². The summed E-state index contributed by atoms with van der Waals surface area (Å²) in [6, 6.07) is 8.61. The molecule has 7 nitrogen and oxygen atoms in total. The lowest BCUT2D eigenvalue weighted by Crippen LogP contribution is -2.06. The van der Waals surface area contributed by atoms with Gasteiger partial charge in [0.25, 0.3) is 0 Å². The largest absolute Gasteiger partial charge is 0.497 e. The number of hydrogen-bond donors (Lipinski definition) is 3. The predicted octanol–water partition coefficient (Wildman–Crippen LogP) is 4.44. The van der Waals surface area contributed by atoms with E-state index in [9.17, 15) is 8.78 Å². The molecule has 4 N–H and O–H groups in total. The van der Waals surface area contributed by atoms with E-state index in [-0.39, 0.29) is 17.2 Å². The predicted molar refractivity (Wildman–Crippen MR) is 106 cm³/mol. The number of methoxy groups -OCH3 is 1. The van der Waals surface area contributed by atoms with Crippen LogP contribution in [0.3, 0.4) is 0 Å². The second-order valence-corrected chi connectivity index (χ2v) is 6.74. The van der Waals surface area contributed by atoms with Crippen molar-refractivity contribution >= 4 is 49.7 Å². The summed E-state index contributed by atoms with van der Waals surface area (Å²) >= 11 is 1.40. The van der Waals surface area contributed by atoms with Gasteiger partial charge in [-0.2, -0.15) is 0 Å². The van der Waals surface area contributed by atoms with Crippen LogP contribution in [0, 0.1) is 11.6 Å². The number of nitrogens with two attached hydrogens (primary N) is 1. The van der Waals surface area contributed by atoms with E-state index >= 15 is 0 Å². The first kappa shape index (κ1) is 17.9. The van der Waals surface area contributed by atoms with Crippen LogP contribution in [0.25, 0.3) is 10.2 Å². The molecule has 0 unspecified atom stereocenters. The van der Waals surface area contributed by atoms with Crippen molar-refractivity contribution in [1.82, 2.24) is 15.0 Å². The molecule has 0 atom stereocenters. The first-order valence-electron chi connectivity index (χ1n) is 8.07. The summed E-state index contributed by atoms with van der Waals surface area (Å²) in [4.78, 5) is 12.6. The van der Waals surface area contributed by atoms with E-state index < -0.39 is 11.6 Å². The minimum absolute atomic E-state index is 0.0802. The zero-order valence-electron chi connectivity index (χ0n) is 14.5. The topological polar surface area (TPSA) is 98.0 Å². The van der Waals surface area contributed by atoms with Crippen molar-refractivity contribution < 1.29 is 13.5 Å². The van der Waals surface area contributed by atoms with E-state index in [2.05, 4.69) is 25.6 Å². The van der Waals surface area contributed by atoms with Gasteiger partial charge < -0.3 is 21.1 Å². The third-order valence-electron chi connectivity index (χ3n) is 3.89. The molecule has 142 valence electrons. The fourth-order valence-electron chi connectivity index (χ4n) is 2.50. The number of nitrogens with zero attached hydrogens (tertiary/aromatic N) is 3. The number of ether oxygens (including phenoxy) is 1. The van der Waals surface area contributed by atoms with Crippen LogP contribution in [0.15, 0.2) is 42.7 Å². The molecule has 4 aromatic rings. The van der Waals surface area contributed by atoms with Gasteiger partial charge in [-0.3, -0.25) is 0 Å². The maximum absolute atomic E-state index is 13.9. The van der Waals surface area contributed by atoms with Gasteiger partial charge in [0, 0.05) is 6.07 Å². The number of thiazole rings is 1. The van der Waals surface area contributed by atoms with Crippen molar-refractivity contribution in [3.05, 3.63) is 54.4 Å². The van der Waals surface area contributed by atoms with Crippen LogP contribution in [0.4, 0.5) is 36.9 Å². The highest BCUT2D eigenvalue weighted by atomic mass is 32.1. The normalized spacial score (nSPS) is 10.8. The molecule has 4 rings (SSSR count). The maximum Gasteiger partial charge on any atom is 0.189 e. The van der Waals surface area contributed by atoms with Gasteiger partial charge in [0.2, 0.25) is 0 Å². The first-order chi connectivity index (χ1) is 13.5. The van der Waals surface area contributed by atoms with E-state index in [1.165, 1.54) is 17.7 Å². The van der Waals surface area contributed by atoms with Gasteiger partial charge in [-0.15, -0.1) is 0 Å². The second-order valence-electron chi connectivity index (χ2n) is 5.71. The third-order valence-corrected chi connectivity index (χ3v) is 4.82. The number of aromatic nitrogens is 3. The third kappa shape index (κ3) is 3.49. The summed E-state index contributed by atoms with van der Waals surface area (Å²) in [7, 11) is 1.60. The molecule has 0 saturated heterocycles. The van der Waals surface area contributed by atoms with Gasteiger partial charge in [-0.05, 0) is 30.3 Å². The van der Waals surface area contributed by atoms with Gasteiger partial charge in [-0.25, -0.2) is 23.7 Å². The molecule has 10 heteroatoms. The summed E-state index contributed by atoms with van der Waals surface area (Å²) in [5.41, 5.74) is 6.95. The Bertz CT molecular complexity index is 1170. The first-order valence-corrected chi connectivity index (χ1v) is 8.89. The number of halogens is 2. The number of nitrogen functional groups attached to an aromatic ring is 1. The molecule has 0 aliphatic carbocycles. The molecule has 0 bridgehead atoms. The fourth-order valence-corrected chi connectivity index (χ4v) is 3.40. The van der Waals surface area contributed by atoms with Crippen LogP contribution in [0.2, 0.25) is 0 Å². The van der Waals surface area contributed by atoms with Gasteiger partial charge in [0.1, 0.15) is 29.4 Å². The van der Waals surface area contributed by atoms with Crippen molar-refractivity contribution in [2.75, 3.05) is 23.5 Å². The van der Waals surface area contributed by atoms with E-state index in [1.54, 1.807) is 7.11 Å². The average molecular weight is 400 g/mol. The van der Waals surface area contributed by atoms with Crippen LogP contribution < -0.4 is 21.1 Å². The second kappa shape index (κ2) is 7.24. The quantitative estimate of drug-likeness (QED) is 0.455. The lowest BCUT2D eigenvalue weighted by molar-refractivity contribution is 0.415. The molecule has 0 fully saturated rings. The monoisotopic (exact) mass is 400 g/mol. The highest BCUT2D eigenvalue weighted by Crippen LogP contribution is 2.33. The Morgan fingerprint density at radius 2 is 1.82 bits per heavy atom. The number of rotatable bonds is 5. The SMILES string of the molecule is COc1ccc2nc(Nc3ncnc(Nc4cc(F)ccc4F)c3N)sc2c1. The van der Waals surface area contributed by atoms with E-state index in [1.807, 2.05) is 18.2 Å². The standard InChI is InChI=1S/C18H14F2N6OS/c1-27-10-3-5-12-14(7-10)28-18(25-12)26-17-15(21)16(22-8-23-17)24-13-6-9(19)2-4-11(13)20/h2-8H,21H2,1H3,(H2,22,23,24,25,26). The fraction of sp³-hybridized carbons (Fsp3) is 0.0556. The summed E-state index contributed by atoms with van der Waals surface area (Å²) in [5.74, 6) is -0.0493. The molecule has 2 aromatic carbocycles. The average Bonchev–Trinajstić information content (AvgIpc) is 3.09. The van der Waals surface area contributed by atoms with Crippen LogP contribution in [0.5, 0.6) is 5.75 Å². The van der Waals surface area contributed by atoms with Gasteiger partial charge in [0.05, 0.1) is 23.0 Å². The number of anilines is 5. The minimum atomic E-state index is -0.631. The molecular weight excluding hydrogens is 386 g/mol. The van der Waals surface area contributed by atoms with E-state index in [4.69, 9.17) is 10.5 Å². The molecule has 0 amide bonds. The molecule has 2 aromatic heterocycles. The molecule has 0 saturated carbocycles. The summed E-state index contributed by atoms with van der Waals surface area (Å²) in [6.07, 6.45) is 1.26. The van der Waals surface area contributed by atoms with Gasteiger partial charge in [0.15, 0.2) is 16.8 Å². The molecule has 2 heterocycles. The van der Waals surface area contributed by atoms with Crippen LogP contribution in [-0.4, -0.2) is 22.1 Å². The van der Waals surface area contributed by atoms with Crippen molar-refractivity contribution in [2.45, 2.75) is 0 Å². The minimum Gasteiger partial charge on any atom is -0.497 e. The molecule has 0 aliphatic heterocycles.